The highest BCUT2D eigenvalue weighted by Crippen LogP contribution is 2.28. The number of carboxylic acid groups (broad SMARTS) is 1. The lowest BCUT2D eigenvalue weighted by molar-refractivity contribution is -0.145. The molecule has 1 aliphatic carbocycles. The Hall–Kier alpha value is -2.44. The molecule has 2 amide bonds. The zero-order valence-electron chi connectivity index (χ0n) is 18.5. The van der Waals surface area contributed by atoms with Crippen molar-refractivity contribution in [3.05, 3.63) is 23.4 Å². The summed E-state index contributed by atoms with van der Waals surface area (Å²) >= 11 is 0. The summed E-state index contributed by atoms with van der Waals surface area (Å²) in [6, 6.07) is -1.81. The summed E-state index contributed by atoms with van der Waals surface area (Å²) in [6.45, 7) is 7.21. The molecule has 0 aromatic rings. The lowest BCUT2D eigenvalue weighted by Gasteiger charge is -2.33. The van der Waals surface area contributed by atoms with Gasteiger partial charge in [0.15, 0.2) is 0 Å². The van der Waals surface area contributed by atoms with Gasteiger partial charge in [0.05, 0.1) is 5.57 Å². The molecule has 1 aliphatic heterocycles. The standard InChI is InChI=1S/C23H35N3O4/c1-15-10-8-9-13-24-14-17(15)20(27)25-18(16-11-6-5-7-12-16)21(28)26-19(22(29)30)23(2,3)4/h9,13-14,16,18-19H,5-8,10-12H2,1-4H3,(H,25,27)(H,26,28)(H,29,30). The molecule has 166 valence electrons. The molecular formula is C23H35N3O4. The molecule has 2 atom stereocenters. The van der Waals surface area contributed by atoms with E-state index in [4.69, 9.17) is 0 Å². The van der Waals surface area contributed by atoms with Crippen LogP contribution in [0, 0.1) is 11.3 Å². The molecule has 2 unspecified atom stereocenters. The van der Waals surface area contributed by atoms with E-state index in [0.717, 1.165) is 50.5 Å². The third-order valence-corrected chi connectivity index (χ3v) is 5.88. The molecule has 0 aromatic carbocycles. The Morgan fingerprint density at radius 3 is 2.40 bits per heavy atom. The van der Waals surface area contributed by atoms with Crippen molar-refractivity contribution < 1.29 is 19.5 Å². The van der Waals surface area contributed by atoms with E-state index in [2.05, 4.69) is 15.6 Å². The van der Waals surface area contributed by atoms with Crippen molar-refractivity contribution in [3.63, 3.8) is 0 Å². The maximum atomic E-state index is 13.2. The Kier molecular flexibility index (Phi) is 8.38. The fourth-order valence-corrected chi connectivity index (χ4v) is 4.01. The highest BCUT2D eigenvalue weighted by atomic mass is 16.4. The first-order valence-electron chi connectivity index (χ1n) is 10.8. The van der Waals surface area contributed by atoms with Crippen LogP contribution >= 0.6 is 0 Å². The second kappa shape index (κ2) is 10.5. The van der Waals surface area contributed by atoms with Gasteiger partial charge < -0.3 is 15.7 Å². The van der Waals surface area contributed by atoms with Crippen molar-refractivity contribution in [2.75, 3.05) is 0 Å². The van der Waals surface area contributed by atoms with Crippen LogP contribution in [-0.2, 0) is 14.4 Å². The average molecular weight is 418 g/mol. The number of hydrogen-bond acceptors (Lipinski definition) is 4. The molecule has 30 heavy (non-hydrogen) atoms. The zero-order valence-corrected chi connectivity index (χ0v) is 18.5. The molecule has 1 heterocycles. The Balaban J connectivity index is 2.25. The molecule has 7 nitrogen and oxygen atoms in total. The predicted octanol–water partition coefficient (Wildman–Crippen LogP) is 3.36. The molecule has 2 rings (SSSR count). The molecule has 1 saturated carbocycles. The number of carbonyl (C=O) groups excluding carboxylic acids is 2. The van der Waals surface area contributed by atoms with Crippen LogP contribution in [0.15, 0.2) is 28.4 Å². The van der Waals surface area contributed by atoms with Gasteiger partial charge in [-0.15, -0.1) is 0 Å². The Labute approximate surface area is 179 Å². The van der Waals surface area contributed by atoms with Gasteiger partial charge in [-0.25, -0.2) is 4.79 Å². The summed E-state index contributed by atoms with van der Waals surface area (Å²) in [6.07, 6.45) is 11.5. The molecule has 0 bridgehead atoms. The van der Waals surface area contributed by atoms with E-state index in [-0.39, 0.29) is 11.8 Å². The number of carboxylic acids is 1. The number of nitrogens with zero attached hydrogens (tertiary/aromatic N) is 1. The van der Waals surface area contributed by atoms with Crippen molar-refractivity contribution in [1.29, 1.82) is 0 Å². The third-order valence-electron chi connectivity index (χ3n) is 5.88. The SMILES string of the molecule is CC1=C(C(=O)NC(C(=O)NC(C(=O)O)C(C)(C)C)C2CCCCC2)C=NC=CCC1. The summed E-state index contributed by atoms with van der Waals surface area (Å²) in [7, 11) is 0. The first-order valence-corrected chi connectivity index (χ1v) is 10.8. The second-order valence-corrected chi connectivity index (χ2v) is 9.39. The highest BCUT2D eigenvalue weighted by Gasteiger charge is 2.37. The molecule has 0 aromatic heterocycles. The second-order valence-electron chi connectivity index (χ2n) is 9.39. The van der Waals surface area contributed by atoms with Crippen LogP contribution in [0.5, 0.6) is 0 Å². The molecule has 1 fully saturated rings. The number of nitrogens with one attached hydrogen (secondary N) is 2. The van der Waals surface area contributed by atoms with Gasteiger partial charge in [-0.3, -0.25) is 14.6 Å². The molecule has 7 heteroatoms. The van der Waals surface area contributed by atoms with Gasteiger partial charge in [0.2, 0.25) is 5.91 Å². The fraction of sp³-hybridized carbons (Fsp3) is 0.652. The van der Waals surface area contributed by atoms with Gasteiger partial charge in [0.1, 0.15) is 12.1 Å². The highest BCUT2D eigenvalue weighted by molar-refractivity contribution is 6.14. The third kappa shape index (κ3) is 6.54. The maximum absolute atomic E-state index is 13.2. The largest absolute Gasteiger partial charge is 0.480 e. The van der Waals surface area contributed by atoms with Crippen LogP contribution in [0.2, 0.25) is 0 Å². The summed E-state index contributed by atoms with van der Waals surface area (Å²) in [5, 5.41) is 15.2. The van der Waals surface area contributed by atoms with Crippen LogP contribution in [0.3, 0.4) is 0 Å². The average Bonchev–Trinajstić information content (AvgIpc) is 2.66. The van der Waals surface area contributed by atoms with E-state index in [1.807, 2.05) is 13.0 Å². The normalized spacial score (nSPS) is 20.1. The van der Waals surface area contributed by atoms with E-state index >= 15 is 0 Å². The molecule has 0 radical (unpaired) electrons. The Bertz CT molecular complexity index is 740. The topological polar surface area (TPSA) is 108 Å². The lowest BCUT2D eigenvalue weighted by atomic mass is 9.82. The lowest BCUT2D eigenvalue weighted by Crippen LogP contribution is -2.57. The van der Waals surface area contributed by atoms with Crippen LogP contribution in [0.4, 0.5) is 0 Å². The smallest absolute Gasteiger partial charge is 0.326 e. The number of aliphatic carboxylic acids is 1. The number of carbonyl (C=O) groups is 3. The van der Waals surface area contributed by atoms with Crippen molar-refractivity contribution in [2.24, 2.45) is 16.3 Å². The van der Waals surface area contributed by atoms with Crippen LogP contribution in [0.25, 0.3) is 0 Å². The number of aliphatic imine (C=N–C) groups is 1. The van der Waals surface area contributed by atoms with Crippen molar-refractivity contribution in [3.8, 4) is 0 Å². The first-order chi connectivity index (χ1) is 14.1. The molecule has 3 N–H and O–H groups in total. The quantitative estimate of drug-likeness (QED) is 0.616. The van der Waals surface area contributed by atoms with Gasteiger partial charge >= 0.3 is 5.97 Å². The summed E-state index contributed by atoms with van der Waals surface area (Å²) in [5.41, 5.74) is 0.736. The van der Waals surface area contributed by atoms with Gasteiger partial charge in [0, 0.05) is 12.4 Å². The zero-order chi connectivity index (χ0) is 22.3. The summed E-state index contributed by atoms with van der Waals surface area (Å²) in [5.74, 6) is -1.86. The summed E-state index contributed by atoms with van der Waals surface area (Å²) in [4.78, 5) is 42.1. The van der Waals surface area contributed by atoms with E-state index in [9.17, 15) is 19.5 Å². The minimum atomic E-state index is -1.08. The maximum Gasteiger partial charge on any atom is 0.326 e. The first kappa shape index (κ1) is 23.8. The van der Waals surface area contributed by atoms with Crippen LogP contribution < -0.4 is 10.6 Å². The van der Waals surface area contributed by atoms with Gasteiger partial charge in [-0.1, -0.05) is 51.7 Å². The Morgan fingerprint density at radius 2 is 1.80 bits per heavy atom. The number of allylic oxidation sites excluding steroid dienone is 2. The minimum absolute atomic E-state index is 0.0107. The van der Waals surface area contributed by atoms with Crippen molar-refractivity contribution >= 4 is 24.0 Å². The number of hydrogen-bond donors (Lipinski definition) is 3. The van der Waals surface area contributed by atoms with Gasteiger partial charge in [0.25, 0.3) is 5.91 Å². The molecule has 0 spiro atoms. The van der Waals surface area contributed by atoms with Gasteiger partial charge in [-0.05, 0) is 43.9 Å². The van der Waals surface area contributed by atoms with E-state index in [1.54, 1.807) is 27.0 Å². The summed E-state index contributed by atoms with van der Waals surface area (Å²) < 4.78 is 0. The van der Waals surface area contributed by atoms with Crippen LogP contribution in [-0.4, -0.2) is 41.2 Å². The van der Waals surface area contributed by atoms with Crippen LogP contribution in [0.1, 0.15) is 72.6 Å². The monoisotopic (exact) mass is 417 g/mol. The van der Waals surface area contributed by atoms with E-state index < -0.39 is 29.4 Å². The van der Waals surface area contributed by atoms with Crippen molar-refractivity contribution in [2.45, 2.75) is 84.7 Å². The molecule has 2 aliphatic rings. The molecular weight excluding hydrogens is 382 g/mol. The predicted molar refractivity (Wildman–Crippen MR) is 117 cm³/mol. The Morgan fingerprint density at radius 1 is 1.13 bits per heavy atom. The van der Waals surface area contributed by atoms with Crippen molar-refractivity contribution in [1.82, 2.24) is 10.6 Å². The fourth-order valence-electron chi connectivity index (χ4n) is 4.01. The number of rotatable bonds is 6. The molecule has 0 saturated heterocycles. The number of amides is 2. The minimum Gasteiger partial charge on any atom is -0.480 e. The van der Waals surface area contributed by atoms with E-state index in [0.29, 0.717) is 5.57 Å². The van der Waals surface area contributed by atoms with Gasteiger partial charge in [-0.2, -0.15) is 0 Å². The van der Waals surface area contributed by atoms with E-state index in [1.165, 1.54) is 6.21 Å².